The van der Waals surface area contributed by atoms with Gasteiger partial charge in [-0.25, -0.2) is 0 Å². The van der Waals surface area contributed by atoms with Gasteiger partial charge >= 0.3 is 6.18 Å². The summed E-state index contributed by atoms with van der Waals surface area (Å²) in [4.78, 5) is 10.8. The Bertz CT molecular complexity index is 184. The minimum atomic E-state index is -4.39. The molecule has 0 aromatic rings. The second kappa shape index (κ2) is 7.47. The van der Waals surface area contributed by atoms with Crippen molar-refractivity contribution in [1.82, 2.24) is 5.32 Å². The highest BCUT2D eigenvalue weighted by Gasteiger charge is 2.27. The zero-order chi connectivity index (χ0) is 11.7. The summed E-state index contributed by atoms with van der Waals surface area (Å²) in [5.74, 6) is -0.560. The minimum Gasteiger partial charge on any atom is -0.385 e. The Hall–Kier alpha value is -0.820. The van der Waals surface area contributed by atoms with E-state index in [0.717, 1.165) is 0 Å². The van der Waals surface area contributed by atoms with Crippen molar-refractivity contribution < 1.29 is 27.4 Å². The maximum absolute atomic E-state index is 11.6. The molecule has 0 rings (SSSR count). The number of carbonyl (C=O) groups is 1. The van der Waals surface area contributed by atoms with E-state index in [0.29, 0.717) is 19.6 Å². The normalized spacial score (nSPS) is 11.5. The molecule has 0 atom stereocenters. The molecule has 0 unspecified atom stereocenters. The Morgan fingerprint density at radius 2 is 2.07 bits per heavy atom. The van der Waals surface area contributed by atoms with E-state index in [1.807, 2.05) is 0 Å². The Labute approximate surface area is 85.7 Å². The van der Waals surface area contributed by atoms with Crippen molar-refractivity contribution in [3.8, 4) is 0 Å². The zero-order valence-corrected chi connectivity index (χ0v) is 8.39. The van der Waals surface area contributed by atoms with E-state index in [2.05, 4.69) is 10.1 Å². The molecule has 0 saturated heterocycles. The van der Waals surface area contributed by atoms with Gasteiger partial charge in [-0.1, -0.05) is 0 Å². The van der Waals surface area contributed by atoms with E-state index >= 15 is 0 Å². The topological polar surface area (TPSA) is 47.6 Å². The van der Waals surface area contributed by atoms with Gasteiger partial charge in [-0.2, -0.15) is 13.2 Å². The molecular formula is C8H14F3NO3. The number of hydrogen-bond acceptors (Lipinski definition) is 3. The molecule has 1 amide bonds. The summed E-state index contributed by atoms with van der Waals surface area (Å²) in [5.41, 5.74) is 0. The van der Waals surface area contributed by atoms with E-state index in [1.54, 1.807) is 0 Å². The minimum absolute atomic E-state index is 0.363. The summed E-state index contributed by atoms with van der Waals surface area (Å²) in [6.07, 6.45) is -3.78. The molecular weight excluding hydrogens is 215 g/mol. The van der Waals surface area contributed by atoms with Crippen molar-refractivity contribution in [3.05, 3.63) is 0 Å². The van der Waals surface area contributed by atoms with Crippen LogP contribution in [0.25, 0.3) is 0 Å². The van der Waals surface area contributed by atoms with Crippen LogP contribution in [0.15, 0.2) is 0 Å². The summed E-state index contributed by atoms with van der Waals surface area (Å²) in [6.45, 7) is -1.13. The number of rotatable bonds is 7. The zero-order valence-electron chi connectivity index (χ0n) is 8.39. The second-order valence-electron chi connectivity index (χ2n) is 2.80. The van der Waals surface area contributed by atoms with Gasteiger partial charge in [0, 0.05) is 20.3 Å². The van der Waals surface area contributed by atoms with E-state index in [4.69, 9.17) is 4.74 Å². The van der Waals surface area contributed by atoms with Gasteiger partial charge < -0.3 is 14.8 Å². The first-order valence-electron chi connectivity index (χ1n) is 4.36. The van der Waals surface area contributed by atoms with Gasteiger partial charge in [-0.15, -0.1) is 0 Å². The first kappa shape index (κ1) is 14.2. The Morgan fingerprint density at radius 1 is 1.40 bits per heavy atom. The summed E-state index contributed by atoms with van der Waals surface area (Å²) in [7, 11) is 1.52. The van der Waals surface area contributed by atoms with Crippen LogP contribution in [0.4, 0.5) is 13.2 Å². The lowest BCUT2D eigenvalue weighted by Gasteiger charge is -2.07. The predicted octanol–water partition coefficient (Wildman–Crippen LogP) is 0.718. The molecule has 4 nitrogen and oxygen atoms in total. The quantitative estimate of drug-likeness (QED) is 0.654. The van der Waals surface area contributed by atoms with Gasteiger partial charge in [-0.05, 0) is 6.42 Å². The van der Waals surface area contributed by atoms with Crippen LogP contribution >= 0.6 is 0 Å². The fourth-order valence-electron chi connectivity index (χ4n) is 0.755. The first-order chi connectivity index (χ1) is 6.95. The van der Waals surface area contributed by atoms with Crippen LogP contribution < -0.4 is 5.32 Å². The SMILES string of the molecule is COCCCNC(=O)COCC(F)(F)F. The van der Waals surface area contributed by atoms with Crippen LogP contribution in [-0.2, 0) is 14.3 Å². The molecule has 90 valence electrons. The number of nitrogens with one attached hydrogen (secondary N) is 1. The van der Waals surface area contributed by atoms with Gasteiger partial charge in [0.1, 0.15) is 13.2 Å². The average molecular weight is 229 g/mol. The van der Waals surface area contributed by atoms with E-state index < -0.39 is 25.3 Å². The number of halogens is 3. The first-order valence-corrected chi connectivity index (χ1v) is 4.36. The molecule has 0 radical (unpaired) electrons. The number of carbonyl (C=O) groups excluding carboxylic acids is 1. The summed E-state index contributed by atoms with van der Waals surface area (Å²) in [5, 5.41) is 2.39. The fourth-order valence-corrected chi connectivity index (χ4v) is 0.755. The Kier molecular flexibility index (Phi) is 7.06. The van der Waals surface area contributed by atoms with Gasteiger partial charge in [0.05, 0.1) is 0 Å². The third-order valence-electron chi connectivity index (χ3n) is 1.35. The second-order valence-corrected chi connectivity index (χ2v) is 2.80. The van der Waals surface area contributed by atoms with Crippen LogP contribution in [0.2, 0.25) is 0 Å². The standard InChI is InChI=1S/C8H14F3NO3/c1-14-4-2-3-12-7(13)5-15-6-8(9,10)11/h2-6H2,1H3,(H,12,13). The van der Waals surface area contributed by atoms with Crippen molar-refractivity contribution in [3.63, 3.8) is 0 Å². The highest BCUT2D eigenvalue weighted by molar-refractivity contribution is 5.77. The summed E-state index contributed by atoms with van der Waals surface area (Å²) < 4.78 is 43.6. The average Bonchev–Trinajstić information content (AvgIpc) is 2.10. The van der Waals surface area contributed by atoms with Crippen molar-refractivity contribution in [1.29, 1.82) is 0 Å². The Balaban J connectivity index is 3.34. The number of methoxy groups -OCH3 is 1. The molecule has 0 aromatic heterocycles. The summed E-state index contributed by atoms with van der Waals surface area (Å²) in [6, 6.07) is 0. The molecule has 1 N–H and O–H groups in total. The van der Waals surface area contributed by atoms with Gasteiger partial charge in [0.25, 0.3) is 0 Å². The van der Waals surface area contributed by atoms with Gasteiger partial charge in [-0.3, -0.25) is 4.79 Å². The fraction of sp³-hybridized carbons (Fsp3) is 0.875. The lowest BCUT2D eigenvalue weighted by atomic mass is 10.4. The van der Waals surface area contributed by atoms with Crippen LogP contribution in [0, 0.1) is 0 Å². The van der Waals surface area contributed by atoms with Crippen LogP contribution in [0.5, 0.6) is 0 Å². The van der Waals surface area contributed by atoms with Crippen molar-refractivity contribution in [2.24, 2.45) is 0 Å². The maximum atomic E-state index is 11.6. The van der Waals surface area contributed by atoms with E-state index in [-0.39, 0.29) is 0 Å². The van der Waals surface area contributed by atoms with E-state index in [1.165, 1.54) is 7.11 Å². The molecule has 0 aliphatic heterocycles. The number of hydrogen-bond donors (Lipinski definition) is 1. The molecule has 0 heterocycles. The molecule has 0 spiro atoms. The monoisotopic (exact) mass is 229 g/mol. The highest BCUT2D eigenvalue weighted by atomic mass is 19.4. The van der Waals surface area contributed by atoms with E-state index in [9.17, 15) is 18.0 Å². The van der Waals surface area contributed by atoms with Crippen molar-refractivity contribution in [2.45, 2.75) is 12.6 Å². The molecule has 0 saturated carbocycles. The number of alkyl halides is 3. The molecule has 0 aromatic carbocycles. The smallest absolute Gasteiger partial charge is 0.385 e. The maximum Gasteiger partial charge on any atom is 0.411 e. The molecule has 0 bridgehead atoms. The largest absolute Gasteiger partial charge is 0.411 e. The molecule has 7 heteroatoms. The van der Waals surface area contributed by atoms with Crippen LogP contribution in [0.1, 0.15) is 6.42 Å². The third-order valence-corrected chi connectivity index (χ3v) is 1.35. The van der Waals surface area contributed by atoms with Crippen LogP contribution in [-0.4, -0.2) is 45.6 Å². The molecule has 0 fully saturated rings. The molecule has 15 heavy (non-hydrogen) atoms. The predicted molar refractivity (Wildman–Crippen MR) is 46.4 cm³/mol. The number of ether oxygens (including phenoxy) is 2. The molecule has 0 aliphatic rings. The highest BCUT2D eigenvalue weighted by Crippen LogP contribution is 2.13. The summed E-state index contributed by atoms with van der Waals surface area (Å²) >= 11 is 0. The van der Waals surface area contributed by atoms with Gasteiger partial charge in [0.2, 0.25) is 5.91 Å². The van der Waals surface area contributed by atoms with Crippen molar-refractivity contribution >= 4 is 5.91 Å². The lowest BCUT2D eigenvalue weighted by molar-refractivity contribution is -0.175. The van der Waals surface area contributed by atoms with Gasteiger partial charge in [0.15, 0.2) is 0 Å². The third kappa shape index (κ3) is 11.1. The van der Waals surface area contributed by atoms with Crippen LogP contribution in [0.3, 0.4) is 0 Å². The lowest BCUT2D eigenvalue weighted by Crippen LogP contribution is -2.30. The Morgan fingerprint density at radius 3 is 2.60 bits per heavy atom. The van der Waals surface area contributed by atoms with Crippen molar-refractivity contribution in [2.75, 3.05) is 33.5 Å². The molecule has 0 aliphatic carbocycles. The number of amides is 1.